The number of fused-ring (bicyclic) bond motifs is 3. The molecule has 0 bridgehead atoms. The monoisotopic (exact) mass is 481 g/mol. The number of nitrogens with two attached hydrogens (primary N) is 1. The standard InChI is InChI=1S/C24H27FN8O2/c1-4-13(7-26)14-10-33(11-14)23-19-17-5-15(25)6-18(27-3)20(17)30-22(19)31-24(32-23)35-16-8-28-21(12(2)34)29-9-16/h5-6,8-9,12,27,34H,4,7,10-11,26H2,1-3H3,(H,30,31,32)/i3D3. The molecule has 0 aliphatic carbocycles. The van der Waals surface area contributed by atoms with Crippen LogP contribution in [0.15, 0.2) is 35.7 Å². The lowest BCUT2D eigenvalue weighted by Crippen LogP contribution is -2.42. The molecule has 4 heterocycles. The molecule has 10 nitrogen and oxygen atoms in total. The van der Waals surface area contributed by atoms with E-state index in [1.165, 1.54) is 29.6 Å². The summed E-state index contributed by atoms with van der Waals surface area (Å²) in [6, 6.07) is 2.43. The van der Waals surface area contributed by atoms with Crippen LogP contribution in [0.3, 0.4) is 0 Å². The van der Waals surface area contributed by atoms with E-state index in [1.807, 2.05) is 4.90 Å². The van der Waals surface area contributed by atoms with Crippen molar-refractivity contribution in [2.24, 2.45) is 5.73 Å². The number of ether oxygens (including phenoxy) is 1. The maximum Gasteiger partial charge on any atom is 0.326 e. The Balaban J connectivity index is 1.64. The van der Waals surface area contributed by atoms with Gasteiger partial charge in [-0.15, -0.1) is 0 Å². The van der Waals surface area contributed by atoms with Gasteiger partial charge in [0.2, 0.25) is 0 Å². The fraction of sp³-hybridized carbons (Fsp3) is 0.333. The Bertz CT molecular complexity index is 1520. The number of aromatic nitrogens is 5. The molecule has 1 aliphatic heterocycles. The molecule has 35 heavy (non-hydrogen) atoms. The molecule has 0 spiro atoms. The van der Waals surface area contributed by atoms with Crippen molar-refractivity contribution in [1.82, 2.24) is 24.9 Å². The number of hydrogen-bond donors (Lipinski definition) is 4. The number of aliphatic hydroxyl groups is 1. The fourth-order valence-electron chi connectivity index (χ4n) is 4.22. The van der Waals surface area contributed by atoms with Gasteiger partial charge in [0.25, 0.3) is 0 Å². The maximum absolute atomic E-state index is 14.7. The minimum absolute atomic E-state index is 0.00905. The van der Waals surface area contributed by atoms with Gasteiger partial charge in [-0.05, 0) is 31.1 Å². The second kappa shape index (κ2) is 9.08. The highest BCUT2D eigenvalue weighted by atomic mass is 19.1. The molecule has 5 N–H and O–H groups in total. The summed E-state index contributed by atoms with van der Waals surface area (Å²) in [7, 11) is 0. The number of aromatic amines is 1. The zero-order valence-corrected chi connectivity index (χ0v) is 19.3. The number of hydrogen-bond acceptors (Lipinski definition) is 9. The highest BCUT2D eigenvalue weighted by Gasteiger charge is 2.28. The molecule has 0 saturated carbocycles. The van der Waals surface area contributed by atoms with Crippen molar-refractivity contribution in [3.05, 3.63) is 47.3 Å². The van der Waals surface area contributed by atoms with Crippen LogP contribution in [0.4, 0.5) is 15.9 Å². The average molecular weight is 482 g/mol. The molecular formula is C24H27FN8O2. The van der Waals surface area contributed by atoms with Crippen molar-refractivity contribution in [3.8, 4) is 11.8 Å². The zero-order valence-electron chi connectivity index (χ0n) is 22.3. The molecule has 1 aromatic carbocycles. The summed E-state index contributed by atoms with van der Waals surface area (Å²) in [5, 5.41) is 13.0. The number of anilines is 2. The second-order valence-corrected chi connectivity index (χ2v) is 8.36. The Labute approximate surface area is 205 Å². The van der Waals surface area contributed by atoms with Crippen LogP contribution < -0.4 is 20.7 Å². The molecule has 5 rings (SSSR count). The minimum atomic E-state index is -2.53. The number of nitrogens with zero attached hydrogens (tertiary/aromatic N) is 5. The lowest BCUT2D eigenvalue weighted by molar-refractivity contribution is 0.188. The largest absolute Gasteiger partial charge is 0.421 e. The predicted molar refractivity (Wildman–Crippen MR) is 132 cm³/mol. The van der Waals surface area contributed by atoms with Gasteiger partial charge < -0.3 is 30.8 Å². The molecule has 11 heteroatoms. The van der Waals surface area contributed by atoms with E-state index in [4.69, 9.17) is 14.6 Å². The molecule has 0 amide bonds. The van der Waals surface area contributed by atoms with E-state index in [2.05, 4.69) is 37.2 Å². The number of nitrogens with one attached hydrogen (secondary N) is 2. The molecule has 1 atom stereocenters. The lowest BCUT2D eigenvalue weighted by atomic mass is 9.98. The zero-order chi connectivity index (χ0) is 27.2. The van der Waals surface area contributed by atoms with Gasteiger partial charge in [-0.2, -0.15) is 9.97 Å². The number of halogens is 1. The first-order valence-electron chi connectivity index (χ1n) is 12.7. The van der Waals surface area contributed by atoms with Gasteiger partial charge in [0.05, 0.1) is 29.0 Å². The second-order valence-electron chi connectivity index (χ2n) is 8.36. The highest BCUT2D eigenvalue weighted by molar-refractivity contribution is 6.14. The van der Waals surface area contributed by atoms with Gasteiger partial charge >= 0.3 is 6.01 Å². The van der Waals surface area contributed by atoms with Crippen LogP contribution in [0.25, 0.3) is 21.9 Å². The van der Waals surface area contributed by atoms with Gasteiger partial charge in [-0.1, -0.05) is 12.5 Å². The molecule has 1 unspecified atom stereocenters. The first kappa shape index (κ1) is 19.5. The summed E-state index contributed by atoms with van der Waals surface area (Å²) < 4.78 is 43.2. The summed E-state index contributed by atoms with van der Waals surface area (Å²) >= 11 is 0. The summed E-state index contributed by atoms with van der Waals surface area (Å²) in [4.78, 5) is 22.4. The highest BCUT2D eigenvalue weighted by Crippen LogP contribution is 2.39. The normalized spacial score (nSPS) is 16.0. The molecule has 3 aromatic heterocycles. The van der Waals surface area contributed by atoms with Crippen LogP contribution in [-0.4, -0.2) is 56.6 Å². The first-order valence-corrected chi connectivity index (χ1v) is 11.2. The quantitative estimate of drug-likeness (QED) is 0.293. The molecule has 4 aromatic rings. The maximum atomic E-state index is 14.7. The van der Waals surface area contributed by atoms with Gasteiger partial charge in [0.1, 0.15) is 23.4 Å². The third-order valence-corrected chi connectivity index (χ3v) is 6.09. The SMILES string of the molecule is [2H]C([2H])([2H])Nc1cc(F)cc2c1[nH]c1nc(Oc3cnc(C(C)O)nc3)nc(N3CC(=C(CC)CN)C3)c12. The fourth-order valence-corrected chi connectivity index (χ4v) is 4.22. The van der Waals surface area contributed by atoms with Crippen molar-refractivity contribution < 1.29 is 18.3 Å². The number of H-pyrrole nitrogens is 1. The smallest absolute Gasteiger partial charge is 0.326 e. The van der Waals surface area contributed by atoms with Gasteiger partial charge in [-0.25, -0.2) is 14.4 Å². The van der Waals surface area contributed by atoms with Crippen molar-refractivity contribution in [2.75, 3.05) is 36.8 Å². The molecule has 1 fully saturated rings. The van der Waals surface area contributed by atoms with Crippen molar-refractivity contribution >= 4 is 33.4 Å². The van der Waals surface area contributed by atoms with Crippen LogP contribution in [-0.2, 0) is 0 Å². The Morgan fingerprint density at radius 1 is 1.34 bits per heavy atom. The van der Waals surface area contributed by atoms with E-state index < -0.39 is 18.9 Å². The predicted octanol–water partition coefficient (Wildman–Crippen LogP) is 3.41. The topological polar surface area (TPSA) is 138 Å². The van der Waals surface area contributed by atoms with Gasteiger partial charge in [0, 0.05) is 36.1 Å². The van der Waals surface area contributed by atoms with Crippen LogP contribution >= 0.6 is 0 Å². The van der Waals surface area contributed by atoms with E-state index in [0.29, 0.717) is 47.4 Å². The van der Waals surface area contributed by atoms with Gasteiger partial charge in [0.15, 0.2) is 11.6 Å². The van der Waals surface area contributed by atoms with E-state index in [9.17, 15) is 9.50 Å². The molecular weight excluding hydrogens is 451 g/mol. The molecule has 182 valence electrons. The lowest BCUT2D eigenvalue weighted by Gasteiger charge is -2.37. The van der Waals surface area contributed by atoms with Crippen LogP contribution in [0.5, 0.6) is 11.8 Å². The van der Waals surface area contributed by atoms with Crippen molar-refractivity contribution in [2.45, 2.75) is 26.4 Å². The summed E-state index contributed by atoms with van der Waals surface area (Å²) in [6.07, 6.45) is 2.82. The van der Waals surface area contributed by atoms with Crippen LogP contribution in [0.1, 0.15) is 36.3 Å². The van der Waals surface area contributed by atoms with E-state index >= 15 is 0 Å². The molecule has 0 radical (unpaired) electrons. The third-order valence-electron chi connectivity index (χ3n) is 6.09. The summed E-state index contributed by atoms with van der Waals surface area (Å²) in [5.41, 5.74) is 9.08. The Morgan fingerprint density at radius 2 is 2.11 bits per heavy atom. The average Bonchev–Trinajstić information content (AvgIpc) is 3.18. The molecule has 1 aliphatic rings. The van der Waals surface area contributed by atoms with E-state index in [-0.39, 0.29) is 23.3 Å². The number of rotatable bonds is 7. The van der Waals surface area contributed by atoms with Crippen molar-refractivity contribution in [1.29, 1.82) is 0 Å². The molecule has 1 saturated heterocycles. The van der Waals surface area contributed by atoms with Gasteiger partial charge in [-0.3, -0.25) is 0 Å². The third kappa shape index (κ3) is 4.13. The van der Waals surface area contributed by atoms with E-state index in [0.717, 1.165) is 12.5 Å². The van der Waals surface area contributed by atoms with Crippen molar-refractivity contribution in [3.63, 3.8) is 0 Å². The summed E-state index contributed by atoms with van der Waals surface area (Å²) in [5.74, 6) is 0.395. The Kier molecular flexibility index (Phi) is 5.05. The summed E-state index contributed by atoms with van der Waals surface area (Å²) in [6.45, 7) is 2.71. The van der Waals surface area contributed by atoms with Crippen LogP contribution in [0, 0.1) is 5.82 Å². The Morgan fingerprint density at radius 3 is 2.77 bits per heavy atom. The number of benzene rings is 1. The van der Waals surface area contributed by atoms with Crippen LogP contribution in [0.2, 0.25) is 0 Å². The van der Waals surface area contributed by atoms with E-state index in [1.54, 1.807) is 6.92 Å². The minimum Gasteiger partial charge on any atom is -0.421 e. The first-order chi connectivity index (χ1) is 18.1. The number of aliphatic hydroxyl groups excluding tert-OH is 1. The Hall–Kier alpha value is -3.83.